The first-order valence-corrected chi connectivity index (χ1v) is 5.19. The summed E-state index contributed by atoms with van der Waals surface area (Å²) in [7, 11) is 1.42. The fourth-order valence-corrected chi connectivity index (χ4v) is 1.99. The molecule has 82 valence electrons. The normalized spacial score (nSPS) is 24.1. The molecule has 0 spiro atoms. The molecule has 14 heavy (non-hydrogen) atoms. The molecule has 2 atom stereocenters. The van der Waals surface area contributed by atoms with Gasteiger partial charge in [-0.05, 0) is 19.3 Å². The fourth-order valence-electron chi connectivity index (χ4n) is 1.99. The monoisotopic (exact) mass is 201 g/mol. The van der Waals surface area contributed by atoms with Gasteiger partial charge >= 0.3 is 5.97 Å². The molecule has 2 unspecified atom stereocenters. The second-order valence-electron chi connectivity index (χ2n) is 3.64. The number of hydrogen-bond donors (Lipinski definition) is 1. The van der Waals surface area contributed by atoms with Gasteiger partial charge < -0.3 is 9.84 Å². The summed E-state index contributed by atoms with van der Waals surface area (Å²) in [6.45, 7) is 3.20. The van der Waals surface area contributed by atoms with Gasteiger partial charge in [0.2, 0.25) is 0 Å². The molecule has 0 aromatic rings. The maximum atomic E-state index is 11.3. The minimum absolute atomic E-state index is 0.0727. The second-order valence-corrected chi connectivity index (χ2v) is 3.64. The van der Waals surface area contributed by atoms with Crippen LogP contribution in [-0.2, 0) is 9.53 Å². The van der Waals surface area contributed by atoms with E-state index in [-0.39, 0.29) is 18.6 Å². The minimum Gasteiger partial charge on any atom is -0.468 e. The Hall–Kier alpha value is -0.610. The molecule has 1 fully saturated rings. The van der Waals surface area contributed by atoms with Crippen molar-refractivity contribution in [2.24, 2.45) is 0 Å². The number of hydrogen-bond acceptors (Lipinski definition) is 4. The Balaban J connectivity index is 2.47. The van der Waals surface area contributed by atoms with E-state index in [4.69, 9.17) is 9.84 Å². The Morgan fingerprint density at radius 3 is 2.79 bits per heavy atom. The van der Waals surface area contributed by atoms with Gasteiger partial charge in [-0.25, -0.2) is 0 Å². The lowest BCUT2D eigenvalue weighted by Gasteiger charge is -2.44. The van der Waals surface area contributed by atoms with Crippen LogP contribution in [0.5, 0.6) is 0 Å². The van der Waals surface area contributed by atoms with Crippen molar-refractivity contribution >= 4 is 5.97 Å². The van der Waals surface area contributed by atoms with Gasteiger partial charge in [-0.3, -0.25) is 9.69 Å². The summed E-state index contributed by atoms with van der Waals surface area (Å²) >= 11 is 0. The molecule has 1 saturated heterocycles. The SMILES string of the molecule is CCC(CCO)N1CCC1C(=O)OC. The Labute approximate surface area is 84.8 Å². The van der Waals surface area contributed by atoms with E-state index >= 15 is 0 Å². The molecule has 0 aromatic carbocycles. The van der Waals surface area contributed by atoms with Gasteiger partial charge in [-0.1, -0.05) is 6.92 Å². The molecule has 0 bridgehead atoms. The molecule has 4 heteroatoms. The first-order chi connectivity index (χ1) is 6.74. The number of carbonyl (C=O) groups excluding carboxylic acids is 1. The zero-order chi connectivity index (χ0) is 10.6. The molecule has 4 nitrogen and oxygen atoms in total. The molecule has 0 saturated carbocycles. The Kier molecular flexibility index (Phi) is 4.35. The molecule has 0 amide bonds. The van der Waals surface area contributed by atoms with Crippen molar-refractivity contribution in [2.75, 3.05) is 20.3 Å². The first-order valence-electron chi connectivity index (χ1n) is 5.19. The van der Waals surface area contributed by atoms with Gasteiger partial charge in [-0.15, -0.1) is 0 Å². The first kappa shape index (κ1) is 11.5. The predicted molar refractivity (Wildman–Crippen MR) is 52.9 cm³/mol. The van der Waals surface area contributed by atoms with Crippen molar-refractivity contribution in [1.82, 2.24) is 4.90 Å². The molecule has 1 aliphatic rings. The standard InChI is InChI=1S/C10H19NO3/c1-3-8(5-7-12)11-6-4-9(11)10(13)14-2/h8-9,12H,3-7H2,1-2H3. The number of likely N-dealkylation sites (tertiary alicyclic amines) is 1. The fraction of sp³-hybridized carbons (Fsp3) is 0.900. The van der Waals surface area contributed by atoms with E-state index in [9.17, 15) is 4.79 Å². The summed E-state index contributed by atoms with van der Waals surface area (Å²) < 4.78 is 4.71. The summed E-state index contributed by atoms with van der Waals surface area (Å²) in [5, 5.41) is 8.88. The third kappa shape index (κ3) is 2.25. The van der Waals surface area contributed by atoms with Crippen LogP contribution < -0.4 is 0 Å². The van der Waals surface area contributed by atoms with Crippen LogP contribution in [0.1, 0.15) is 26.2 Å². The lowest BCUT2D eigenvalue weighted by molar-refractivity contribution is -0.154. The molecule has 1 aliphatic heterocycles. The number of aliphatic hydroxyl groups excluding tert-OH is 1. The lowest BCUT2D eigenvalue weighted by atomic mass is 9.97. The highest BCUT2D eigenvalue weighted by Crippen LogP contribution is 2.24. The third-order valence-corrected chi connectivity index (χ3v) is 2.94. The van der Waals surface area contributed by atoms with Gasteiger partial charge in [-0.2, -0.15) is 0 Å². The summed E-state index contributed by atoms with van der Waals surface area (Å²) in [6, 6.07) is 0.245. The maximum Gasteiger partial charge on any atom is 0.323 e. The second kappa shape index (κ2) is 5.32. The van der Waals surface area contributed by atoms with Crippen molar-refractivity contribution in [3.63, 3.8) is 0 Å². The number of nitrogens with zero attached hydrogens (tertiary/aromatic N) is 1. The Bertz CT molecular complexity index is 196. The van der Waals surface area contributed by atoms with Crippen LogP contribution in [0.2, 0.25) is 0 Å². The largest absolute Gasteiger partial charge is 0.468 e. The van der Waals surface area contributed by atoms with Crippen molar-refractivity contribution < 1.29 is 14.6 Å². The topological polar surface area (TPSA) is 49.8 Å². The number of aliphatic hydroxyl groups is 1. The zero-order valence-electron chi connectivity index (χ0n) is 8.90. The van der Waals surface area contributed by atoms with E-state index in [2.05, 4.69) is 11.8 Å². The number of esters is 1. The Morgan fingerprint density at radius 2 is 2.43 bits per heavy atom. The van der Waals surface area contributed by atoms with Crippen LogP contribution in [0, 0.1) is 0 Å². The molecular weight excluding hydrogens is 182 g/mol. The number of ether oxygens (including phenoxy) is 1. The van der Waals surface area contributed by atoms with E-state index in [0.717, 1.165) is 25.8 Å². The van der Waals surface area contributed by atoms with Crippen LogP contribution in [-0.4, -0.2) is 48.3 Å². The third-order valence-electron chi connectivity index (χ3n) is 2.94. The molecule has 1 heterocycles. The van der Waals surface area contributed by atoms with E-state index < -0.39 is 0 Å². The van der Waals surface area contributed by atoms with E-state index in [0.29, 0.717) is 6.04 Å². The summed E-state index contributed by atoms with van der Waals surface area (Å²) in [5.41, 5.74) is 0. The molecule has 0 radical (unpaired) electrons. The number of methoxy groups -OCH3 is 1. The quantitative estimate of drug-likeness (QED) is 0.654. The molecule has 0 aromatic heterocycles. The van der Waals surface area contributed by atoms with Crippen molar-refractivity contribution in [2.45, 2.75) is 38.3 Å². The van der Waals surface area contributed by atoms with Gasteiger partial charge in [0.15, 0.2) is 0 Å². The molecular formula is C10H19NO3. The highest BCUT2D eigenvalue weighted by molar-refractivity contribution is 5.76. The van der Waals surface area contributed by atoms with Crippen molar-refractivity contribution in [3.8, 4) is 0 Å². The van der Waals surface area contributed by atoms with Crippen LogP contribution >= 0.6 is 0 Å². The van der Waals surface area contributed by atoms with Crippen LogP contribution in [0.25, 0.3) is 0 Å². The van der Waals surface area contributed by atoms with Gasteiger partial charge in [0.1, 0.15) is 6.04 Å². The van der Waals surface area contributed by atoms with Crippen LogP contribution in [0.4, 0.5) is 0 Å². The number of rotatable bonds is 5. The van der Waals surface area contributed by atoms with Gasteiger partial charge in [0.05, 0.1) is 7.11 Å². The minimum atomic E-state index is -0.146. The highest BCUT2D eigenvalue weighted by atomic mass is 16.5. The average Bonchev–Trinajstić information content (AvgIpc) is 2.15. The number of carbonyl (C=O) groups is 1. The van der Waals surface area contributed by atoms with E-state index in [1.54, 1.807) is 0 Å². The Morgan fingerprint density at radius 1 is 1.71 bits per heavy atom. The smallest absolute Gasteiger partial charge is 0.323 e. The van der Waals surface area contributed by atoms with Gasteiger partial charge in [0, 0.05) is 19.2 Å². The molecule has 1 rings (SSSR count). The zero-order valence-corrected chi connectivity index (χ0v) is 8.90. The molecule has 1 N–H and O–H groups in total. The van der Waals surface area contributed by atoms with Crippen LogP contribution in [0.15, 0.2) is 0 Å². The van der Waals surface area contributed by atoms with Crippen LogP contribution in [0.3, 0.4) is 0 Å². The summed E-state index contributed by atoms with van der Waals surface area (Å²) in [4.78, 5) is 13.4. The lowest BCUT2D eigenvalue weighted by Crippen LogP contribution is -2.57. The predicted octanol–water partition coefficient (Wildman–Crippen LogP) is 0.395. The highest BCUT2D eigenvalue weighted by Gasteiger charge is 2.38. The maximum absolute atomic E-state index is 11.3. The van der Waals surface area contributed by atoms with E-state index in [1.807, 2.05) is 0 Å². The summed E-state index contributed by atoms with van der Waals surface area (Å²) in [6.07, 6.45) is 2.59. The van der Waals surface area contributed by atoms with Crippen molar-refractivity contribution in [3.05, 3.63) is 0 Å². The average molecular weight is 201 g/mol. The molecule has 0 aliphatic carbocycles. The van der Waals surface area contributed by atoms with Crippen molar-refractivity contribution in [1.29, 1.82) is 0 Å². The summed E-state index contributed by atoms with van der Waals surface area (Å²) in [5.74, 6) is -0.146. The van der Waals surface area contributed by atoms with E-state index in [1.165, 1.54) is 7.11 Å². The van der Waals surface area contributed by atoms with Gasteiger partial charge in [0.25, 0.3) is 0 Å².